The van der Waals surface area contributed by atoms with E-state index in [9.17, 15) is 4.79 Å². The van der Waals surface area contributed by atoms with Crippen molar-refractivity contribution in [1.82, 2.24) is 14.9 Å². The molecule has 1 N–H and O–H groups in total. The molecule has 1 aromatic heterocycles. The zero-order valence-corrected chi connectivity index (χ0v) is 11.0. The maximum atomic E-state index is 10.4. The van der Waals surface area contributed by atoms with Gasteiger partial charge in [0.1, 0.15) is 0 Å². The highest BCUT2D eigenvalue weighted by Gasteiger charge is 2.17. The number of nitrogens with zero attached hydrogens (tertiary/aromatic N) is 4. The van der Waals surface area contributed by atoms with Crippen LogP contribution in [-0.2, 0) is 4.79 Å². The molecule has 0 unspecified atom stereocenters. The summed E-state index contributed by atoms with van der Waals surface area (Å²) in [5, 5.41) is 8.54. The Labute approximate surface area is 112 Å². The average molecular weight is 262 g/mol. The second kappa shape index (κ2) is 6.29. The predicted octanol–water partition coefficient (Wildman–Crippen LogP) is 0.716. The molecule has 1 fully saturated rings. The second-order valence-electron chi connectivity index (χ2n) is 4.41. The van der Waals surface area contributed by atoms with Gasteiger partial charge in [-0.2, -0.15) is 0 Å². The van der Waals surface area contributed by atoms with Gasteiger partial charge in [0.2, 0.25) is 5.95 Å². The van der Waals surface area contributed by atoms with Crippen molar-refractivity contribution in [3.05, 3.63) is 24.0 Å². The normalized spacial score (nSPS) is 17.0. The molecule has 1 aliphatic heterocycles. The summed E-state index contributed by atoms with van der Waals surface area (Å²) in [6.45, 7) is 7.15. The van der Waals surface area contributed by atoms with E-state index >= 15 is 0 Å². The van der Waals surface area contributed by atoms with Crippen LogP contribution in [-0.4, -0.2) is 58.7 Å². The van der Waals surface area contributed by atoms with E-state index in [0.29, 0.717) is 11.5 Å². The summed E-state index contributed by atoms with van der Waals surface area (Å²) < 4.78 is 0. The first kappa shape index (κ1) is 13.5. The predicted molar refractivity (Wildman–Crippen MR) is 73.0 cm³/mol. The standard InChI is InChI=1S/C13H18N4O2/c1-2-16-5-7-17(8-6-16)13-14-9-11(10-15-13)3-4-12(18)19/h3-4,9-10H,2,5-8H2,1H3,(H,18,19)/b4-3+. The lowest BCUT2D eigenvalue weighted by Gasteiger charge is -2.33. The van der Waals surface area contributed by atoms with Gasteiger partial charge in [-0.05, 0) is 12.6 Å². The summed E-state index contributed by atoms with van der Waals surface area (Å²) in [6.07, 6.45) is 5.86. The van der Waals surface area contributed by atoms with Crippen molar-refractivity contribution in [2.45, 2.75) is 6.92 Å². The molecule has 6 nitrogen and oxygen atoms in total. The Balaban J connectivity index is 1.97. The summed E-state index contributed by atoms with van der Waals surface area (Å²) in [6, 6.07) is 0. The zero-order valence-electron chi connectivity index (χ0n) is 11.0. The van der Waals surface area contributed by atoms with Gasteiger partial charge in [-0.15, -0.1) is 0 Å². The smallest absolute Gasteiger partial charge is 0.328 e. The van der Waals surface area contributed by atoms with Gasteiger partial charge in [0.15, 0.2) is 0 Å². The molecule has 0 saturated carbocycles. The maximum Gasteiger partial charge on any atom is 0.328 e. The maximum absolute atomic E-state index is 10.4. The first-order chi connectivity index (χ1) is 9.19. The molecule has 0 aromatic carbocycles. The van der Waals surface area contributed by atoms with Gasteiger partial charge in [0, 0.05) is 50.2 Å². The Morgan fingerprint density at radius 3 is 2.47 bits per heavy atom. The van der Waals surface area contributed by atoms with E-state index in [4.69, 9.17) is 5.11 Å². The lowest BCUT2D eigenvalue weighted by atomic mass is 10.3. The van der Waals surface area contributed by atoms with Crippen LogP contribution in [0.3, 0.4) is 0 Å². The number of hydrogen-bond donors (Lipinski definition) is 1. The molecule has 2 heterocycles. The topological polar surface area (TPSA) is 69.6 Å². The molecule has 102 valence electrons. The summed E-state index contributed by atoms with van der Waals surface area (Å²) in [7, 11) is 0. The summed E-state index contributed by atoms with van der Waals surface area (Å²) in [4.78, 5) is 23.5. The van der Waals surface area contributed by atoms with Crippen molar-refractivity contribution in [3.8, 4) is 0 Å². The van der Waals surface area contributed by atoms with Crippen molar-refractivity contribution in [1.29, 1.82) is 0 Å². The molecule has 6 heteroatoms. The zero-order chi connectivity index (χ0) is 13.7. The Morgan fingerprint density at radius 2 is 1.95 bits per heavy atom. The highest BCUT2D eigenvalue weighted by Crippen LogP contribution is 2.11. The minimum absolute atomic E-state index is 0.693. The minimum atomic E-state index is -0.972. The molecule has 0 spiro atoms. The molecular weight excluding hydrogens is 244 g/mol. The Morgan fingerprint density at radius 1 is 1.32 bits per heavy atom. The fourth-order valence-electron chi connectivity index (χ4n) is 2.01. The number of carbonyl (C=O) groups is 1. The fourth-order valence-corrected chi connectivity index (χ4v) is 2.01. The Bertz CT molecular complexity index is 450. The summed E-state index contributed by atoms with van der Waals surface area (Å²) in [5.41, 5.74) is 0.693. The quantitative estimate of drug-likeness (QED) is 0.806. The monoisotopic (exact) mass is 262 g/mol. The van der Waals surface area contributed by atoms with Crippen LogP contribution in [0.15, 0.2) is 18.5 Å². The molecule has 1 aliphatic rings. The molecule has 1 saturated heterocycles. The molecule has 0 aliphatic carbocycles. The van der Waals surface area contributed by atoms with Crippen molar-refractivity contribution in [3.63, 3.8) is 0 Å². The highest BCUT2D eigenvalue weighted by atomic mass is 16.4. The Kier molecular flexibility index (Phi) is 4.46. The number of aliphatic carboxylic acids is 1. The van der Waals surface area contributed by atoms with Gasteiger partial charge in [-0.3, -0.25) is 0 Å². The van der Waals surface area contributed by atoms with Crippen LogP contribution < -0.4 is 4.90 Å². The third kappa shape index (κ3) is 3.75. The second-order valence-corrected chi connectivity index (χ2v) is 4.41. The number of aromatic nitrogens is 2. The van der Waals surface area contributed by atoms with Gasteiger partial charge in [-0.25, -0.2) is 14.8 Å². The minimum Gasteiger partial charge on any atom is -0.478 e. The third-order valence-electron chi connectivity index (χ3n) is 3.18. The van der Waals surface area contributed by atoms with Gasteiger partial charge in [-0.1, -0.05) is 6.92 Å². The SMILES string of the molecule is CCN1CCN(c2ncc(/C=C/C(=O)O)cn2)CC1. The van der Waals surface area contributed by atoms with Crippen molar-refractivity contribution in [2.75, 3.05) is 37.6 Å². The molecule has 1 aromatic rings. The van der Waals surface area contributed by atoms with Crippen LogP contribution in [0.2, 0.25) is 0 Å². The van der Waals surface area contributed by atoms with E-state index in [0.717, 1.165) is 38.8 Å². The lowest BCUT2D eigenvalue weighted by molar-refractivity contribution is -0.131. The van der Waals surface area contributed by atoms with Gasteiger partial charge >= 0.3 is 5.97 Å². The third-order valence-corrected chi connectivity index (χ3v) is 3.18. The van der Waals surface area contributed by atoms with E-state index in [2.05, 4.69) is 26.7 Å². The number of carboxylic acid groups (broad SMARTS) is 1. The number of hydrogen-bond acceptors (Lipinski definition) is 5. The van der Waals surface area contributed by atoms with Crippen LogP contribution in [0.25, 0.3) is 6.08 Å². The summed E-state index contributed by atoms with van der Waals surface area (Å²) >= 11 is 0. The van der Waals surface area contributed by atoms with E-state index in [-0.39, 0.29) is 0 Å². The van der Waals surface area contributed by atoms with Gasteiger partial charge in [0.05, 0.1) is 0 Å². The van der Waals surface area contributed by atoms with E-state index in [1.165, 1.54) is 6.08 Å². The molecule has 0 amide bonds. The highest BCUT2D eigenvalue weighted by molar-refractivity contribution is 5.85. The van der Waals surface area contributed by atoms with Gasteiger partial charge < -0.3 is 14.9 Å². The molecule has 19 heavy (non-hydrogen) atoms. The molecule has 0 radical (unpaired) electrons. The first-order valence-corrected chi connectivity index (χ1v) is 6.39. The number of rotatable bonds is 4. The number of carboxylic acids is 1. The molecule has 0 atom stereocenters. The van der Waals surface area contributed by atoms with Crippen LogP contribution >= 0.6 is 0 Å². The van der Waals surface area contributed by atoms with Crippen LogP contribution in [0.1, 0.15) is 12.5 Å². The molecule has 2 rings (SSSR count). The molecule has 0 bridgehead atoms. The van der Waals surface area contributed by atoms with Crippen LogP contribution in [0, 0.1) is 0 Å². The van der Waals surface area contributed by atoms with Crippen LogP contribution in [0.5, 0.6) is 0 Å². The van der Waals surface area contributed by atoms with E-state index in [1.54, 1.807) is 12.4 Å². The summed E-state index contributed by atoms with van der Waals surface area (Å²) in [5.74, 6) is -0.261. The largest absolute Gasteiger partial charge is 0.478 e. The number of piperazine rings is 1. The van der Waals surface area contributed by atoms with E-state index < -0.39 is 5.97 Å². The van der Waals surface area contributed by atoms with Crippen LogP contribution in [0.4, 0.5) is 5.95 Å². The Hall–Kier alpha value is -1.95. The van der Waals surface area contributed by atoms with Gasteiger partial charge in [0.25, 0.3) is 0 Å². The average Bonchev–Trinajstić information content (AvgIpc) is 2.46. The fraction of sp³-hybridized carbons (Fsp3) is 0.462. The van der Waals surface area contributed by atoms with E-state index in [1.807, 2.05) is 0 Å². The number of anilines is 1. The van der Waals surface area contributed by atoms with Crippen molar-refractivity contribution < 1.29 is 9.90 Å². The number of likely N-dealkylation sites (N-methyl/N-ethyl adjacent to an activating group) is 1. The lowest BCUT2D eigenvalue weighted by Crippen LogP contribution is -2.46. The first-order valence-electron chi connectivity index (χ1n) is 6.39. The molecular formula is C13H18N4O2. The van der Waals surface area contributed by atoms with Crippen molar-refractivity contribution >= 4 is 18.0 Å². The van der Waals surface area contributed by atoms with Crippen molar-refractivity contribution in [2.24, 2.45) is 0 Å².